The summed E-state index contributed by atoms with van der Waals surface area (Å²) in [6.07, 6.45) is 0.780. The van der Waals surface area contributed by atoms with Gasteiger partial charge in [-0.1, -0.05) is 11.6 Å². The van der Waals surface area contributed by atoms with Gasteiger partial charge in [0.25, 0.3) is 0 Å². The average molecular weight is 435 g/mol. The molecule has 6 nitrogen and oxygen atoms in total. The Balaban J connectivity index is 0.00000288. The first-order chi connectivity index (χ1) is 10.9. The molecule has 0 bridgehead atoms. The van der Waals surface area contributed by atoms with E-state index in [2.05, 4.69) is 14.9 Å². The first kappa shape index (κ1) is 24.7. The van der Waals surface area contributed by atoms with Gasteiger partial charge in [0, 0.05) is 32.7 Å². The van der Waals surface area contributed by atoms with E-state index in [-0.39, 0.29) is 29.7 Å². The maximum atomic E-state index is 12.4. The molecule has 0 saturated carbocycles. The molecule has 1 aliphatic heterocycles. The number of sulfonamides is 1. The molecule has 0 unspecified atom stereocenters. The van der Waals surface area contributed by atoms with E-state index < -0.39 is 10.0 Å². The summed E-state index contributed by atoms with van der Waals surface area (Å²) in [6.45, 7) is 7.06. The van der Waals surface area contributed by atoms with Gasteiger partial charge in [0.05, 0.1) is 17.0 Å². The van der Waals surface area contributed by atoms with Crippen molar-refractivity contribution in [1.82, 2.24) is 14.9 Å². The molecule has 25 heavy (non-hydrogen) atoms. The molecule has 0 atom stereocenters. The quantitative estimate of drug-likeness (QED) is 0.643. The molecular formula is C15H26Cl3N3O3S. The Morgan fingerprint density at radius 3 is 2.52 bits per heavy atom. The van der Waals surface area contributed by atoms with E-state index in [4.69, 9.17) is 16.3 Å². The second-order valence-electron chi connectivity index (χ2n) is 5.60. The summed E-state index contributed by atoms with van der Waals surface area (Å²) in [5.41, 5.74) is 0.612. The zero-order valence-electron chi connectivity index (χ0n) is 14.4. The van der Waals surface area contributed by atoms with E-state index in [1.165, 1.54) is 13.2 Å². The number of methoxy groups -OCH3 is 1. The fourth-order valence-electron chi connectivity index (χ4n) is 2.60. The Hall–Kier alpha value is -0.280. The topological polar surface area (TPSA) is 70.7 Å². The van der Waals surface area contributed by atoms with Gasteiger partial charge in [-0.25, -0.2) is 13.1 Å². The minimum Gasteiger partial charge on any atom is -0.495 e. The predicted octanol–water partition coefficient (Wildman–Crippen LogP) is 2.07. The van der Waals surface area contributed by atoms with E-state index in [1.54, 1.807) is 13.0 Å². The van der Waals surface area contributed by atoms with Crippen molar-refractivity contribution < 1.29 is 13.2 Å². The predicted molar refractivity (Wildman–Crippen MR) is 106 cm³/mol. The van der Waals surface area contributed by atoms with Gasteiger partial charge >= 0.3 is 0 Å². The molecule has 1 aromatic carbocycles. The van der Waals surface area contributed by atoms with Gasteiger partial charge in [-0.05, 0) is 37.6 Å². The summed E-state index contributed by atoms with van der Waals surface area (Å²) in [6, 6.07) is 3.08. The highest BCUT2D eigenvalue weighted by Crippen LogP contribution is 2.29. The maximum absolute atomic E-state index is 12.4. The van der Waals surface area contributed by atoms with Gasteiger partial charge in [0.1, 0.15) is 5.75 Å². The van der Waals surface area contributed by atoms with Crippen LogP contribution in [0.1, 0.15) is 12.0 Å². The molecule has 0 spiro atoms. The number of benzene rings is 1. The second-order valence-corrected chi connectivity index (χ2v) is 7.74. The van der Waals surface area contributed by atoms with E-state index in [9.17, 15) is 8.42 Å². The Bertz CT molecular complexity index is 638. The number of hydrogen-bond donors (Lipinski definition) is 2. The van der Waals surface area contributed by atoms with E-state index in [1.807, 2.05) is 0 Å². The summed E-state index contributed by atoms with van der Waals surface area (Å²) in [7, 11) is -2.06. The van der Waals surface area contributed by atoms with Gasteiger partial charge in [0.2, 0.25) is 10.0 Å². The molecule has 0 aliphatic carbocycles. The molecular weight excluding hydrogens is 409 g/mol. The highest BCUT2D eigenvalue weighted by molar-refractivity contribution is 7.89. The molecule has 1 aromatic rings. The van der Waals surface area contributed by atoms with Crippen molar-refractivity contribution >= 4 is 46.4 Å². The summed E-state index contributed by atoms with van der Waals surface area (Å²) in [5.74, 6) is 0.474. The van der Waals surface area contributed by atoms with Gasteiger partial charge in [-0.3, -0.25) is 0 Å². The summed E-state index contributed by atoms with van der Waals surface area (Å²) in [4.78, 5) is 2.53. The lowest BCUT2D eigenvalue weighted by atomic mass is 10.2. The van der Waals surface area contributed by atoms with Gasteiger partial charge in [-0.15, -0.1) is 24.8 Å². The van der Waals surface area contributed by atoms with E-state index >= 15 is 0 Å². The van der Waals surface area contributed by atoms with Gasteiger partial charge in [-0.2, -0.15) is 0 Å². The first-order valence-corrected chi connectivity index (χ1v) is 9.57. The summed E-state index contributed by atoms with van der Waals surface area (Å²) >= 11 is 6.04. The van der Waals surface area contributed by atoms with Crippen LogP contribution in [0.25, 0.3) is 0 Å². The Labute approximate surface area is 167 Å². The largest absolute Gasteiger partial charge is 0.495 e. The lowest BCUT2D eigenvalue weighted by Gasteiger charge is -2.27. The minimum atomic E-state index is -3.56. The van der Waals surface area contributed by atoms with Gasteiger partial charge < -0.3 is 15.0 Å². The van der Waals surface area contributed by atoms with Crippen molar-refractivity contribution in [2.75, 3.05) is 46.4 Å². The van der Waals surface area contributed by atoms with Crippen molar-refractivity contribution in [3.63, 3.8) is 0 Å². The Kier molecular flexibility index (Phi) is 11.3. The van der Waals surface area contributed by atoms with Crippen LogP contribution in [0.15, 0.2) is 17.0 Å². The van der Waals surface area contributed by atoms with Crippen LogP contribution in [0, 0.1) is 6.92 Å². The molecule has 1 heterocycles. The summed E-state index contributed by atoms with van der Waals surface area (Å²) < 4.78 is 32.6. The van der Waals surface area contributed by atoms with Crippen LogP contribution < -0.4 is 14.8 Å². The fourth-order valence-corrected chi connectivity index (χ4v) is 4.23. The molecule has 1 aliphatic rings. The third-order valence-electron chi connectivity index (χ3n) is 3.89. The van der Waals surface area contributed by atoms with E-state index in [0.717, 1.165) is 39.1 Å². The van der Waals surface area contributed by atoms with Crippen LogP contribution in [-0.4, -0.2) is 59.7 Å². The molecule has 2 N–H and O–H groups in total. The van der Waals surface area contributed by atoms with Crippen molar-refractivity contribution in [3.05, 3.63) is 22.7 Å². The number of ether oxygens (including phenoxy) is 1. The standard InChI is InChI=1S/C15H24ClN3O3S.2ClH/c1-12-10-14(22-2)13(16)11-15(12)23(20,21)18-4-3-7-19-8-5-17-6-9-19;;/h10-11,17-18H,3-9H2,1-2H3;2*1H. The molecule has 2 rings (SSSR count). The number of piperazine rings is 1. The van der Waals surface area contributed by atoms with Crippen molar-refractivity contribution in [2.45, 2.75) is 18.2 Å². The third kappa shape index (κ3) is 7.09. The number of halogens is 3. The molecule has 0 amide bonds. The fraction of sp³-hybridized carbons (Fsp3) is 0.600. The number of hydrogen-bond acceptors (Lipinski definition) is 5. The number of rotatable bonds is 7. The lowest BCUT2D eigenvalue weighted by Crippen LogP contribution is -2.44. The SMILES string of the molecule is COc1cc(C)c(S(=O)(=O)NCCCN2CCNCC2)cc1Cl.Cl.Cl. The molecule has 0 radical (unpaired) electrons. The lowest BCUT2D eigenvalue weighted by molar-refractivity contribution is 0.239. The molecule has 1 saturated heterocycles. The highest BCUT2D eigenvalue weighted by Gasteiger charge is 2.19. The zero-order valence-corrected chi connectivity index (χ0v) is 17.6. The normalized spacial score (nSPS) is 15.2. The molecule has 10 heteroatoms. The van der Waals surface area contributed by atoms with Crippen LogP contribution in [0.3, 0.4) is 0 Å². The Morgan fingerprint density at radius 2 is 1.92 bits per heavy atom. The Morgan fingerprint density at radius 1 is 1.28 bits per heavy atom. The first-order valence-electron chi connectivity index (χ1n) is 7.71. The van der Waals surface area contributed by atoms with Crippen LogP contribution in [0.4, 0.5) is 0 Å². The minimum absolute atomic E-state index is 0. The molecule has 146 valence electrons. The van der Waals surface area contributed by atoms with Crippen LogP contribution >= 0.6 is 36.4 Å². The molecule has 1 fully saturated rings. The summed E-state index contributed by atoms with van der Waals surface area (Å²) in [5, 5.41) is 3.59. The highest BCUT2D eigenvalue weighted by atomic mass is 35.5. The monoisotopic (exact) mass is 433 g/mol. The van der Waals surface area contributed by atoms with Crippen molar-refractivity contribution in [3.8, 4) is 5.75 Å². The third-order valence-corrected chi connectivity index (χ3v) is 5.79. The zero-order chi connectivity index (χ0) is 16.9. The van der Waals surface area contributed by atoms with Gasteiger partial charge in [0.15, 0.2) is 0 Å². The van der Waals surface area contributed by atoms with Crippen LogP contribution in [-0.2, 0) is 10.0 Å². The average Bonchev–Trinajstić information content (AvgIpc) is 2.54. The van der Waals surface area contributed by atoms with Crippen LogP contribution in [0.5, 0.6) is 5.75 Å². The number of nitrogens with zero attached hydrogens (tertiary/aromatic N) is 1. The van der Waals surface area contributed by atoms with Crippen molar-refractivity contribution in [2.24, 2.45) is 0 Å². The maximum Gasteiger partial charge on any atom is 0.240 e. The van der Waals surface area contributed by atoms with E-state index in [0.29, 0.717) is 22.9 Å². The van der Waals surface area contributed by atoms with Crippen molar-refractivity contribution in [1.29, 1.82) is 0 Å². The number of aryl methyl sites for hydroxylation is 1. The van der Waals surface area contributed by atoms with Crippen LogP contribution in [0.2, 0.25) is 5.02 Å². The molecule has 0 aromatic heterocycles. The second kappa shape index (κ2) is 11.4. The number of nitrogens with one attached hydrogen (secondary N) is 2. The smallest absolute Gasteiger partial charge is 0.240 e.